The standard InChI is InChI=1S/C16H32O6/c1-2-3-4-5-6-7-8-9-10-21-16-15(20)14(19)13(18)12(11-17)22-16/h12-20H,2-11H2,1H3/t12-,13+,14-,15-,16+/m1/s1. The highest BCUT2D eigenvalue weighted by Gasteiger charge is 2.43. The third-order valence-corrected chi connectivity index (χ3v) is 4.13. The van der Waals surface area contributed by atoms with E-state index in [2.05, 4.69) is 6.92 Å². The van der Waals surface area contributed by atoms with Gasteiger partial charge in [-0.1, -0.05) is 51.9 Å². The molecule has 1 saturated heterocycles. The lowest BCUT2D eigenvalue weighted by molar-refractivity contribution is -0.301. The molecular weight excluding hydrogens is 288 g/mol. The van der Waals surface area contributed by atoms with Gasteiger partial charge in [0.2, 0.25) is 0 Å². The number of unbranched alkanes of at least 4 members (excludes halogenated alkanes) is 7. The zero-order chi connectivity index (χ0) is 16.4. The third kappa shape index (κ3) is 6.48. The van der Waals surface area contributed by atoms with Gasteiger partial charge in [0.05, 0.1) is 6.61 Å². The topological polar surface area (TPSA) is 99.4 Å². The Hall–Kier alpha value is -0.240. The molecular formula is C16H32O6. The average Bonchev–Trinajstić information content (AvgIpc) is 2.53. The molecule has 1 heterocycles. The largest absolute Gasteiger partial charge is 0.394 e. The lowest BCUT2D eigenvalue weighted by Crippen LogP contribution is -2.59. The fourth-order valence-electron chi connectivity index (χ4n) is 2.64. The van der Waals surface area contributed by atoms with Gasteiger partial charge in [0.25, 0.3) is 0 Å². The van der Waals surface area contributed by atoms with Crippen molar-refractivity contribution >= 4 is 0 Å². The molecule has 1 fully saturated rings. The molecule has 132 valence electrons. The average molecular weight is 320 g/mol. The Labute approximate surface area is 133 Å². The fourth-order valence-corrected chi connectivity index (χ4v) is 2.64. The second-order valence-corrected chi connectivity index (χ2v) is 6.04. The number of aliphatic hydroxyl groups excluding tert-OH is 4. The summed E-state index contributed by atoms with van der Waals surface area (Å²) in [6, 6.07) is 0. The molecule has 0 aliphatic carbocycles. The number of hydrogen-bond donors (Lipinski definition) is 4. The molecule has 0 aromatic carbocycles. The van der Waals surface area contributed by atoms with Gasteiger partial charge in [0.15, 0.2) is 6.29 Å². The first-order valence-electron chi connectivity index (χ1n) is 8.54. The van der Waals surface area contributed by atoms with Crippen molar-refractivity contribution < 1.29 is 29.9 Å². The van der Waals surface area contributed by atoms with Crippen LogP contribution in [0.3, 0.4) is 0 Å². The Balaban J connectivity index is 2.11. The zero-order valence-electron chi connectivity index (χ0n) is 13.6. The van der Waals surface area contributed by atoms with Crippen molar-refractivity contribution in [1.82, 2.24) is 0 Å². The Morgan fingerprint density at radius 2 is 1.41 bits per heavy atom. The van der Waals surface area contributed by atoms with Gasteiger partial charge in [0, 0.05) is 6.61 Å². The first-order valence-corrected chi connectivity index (χ1v) is 8.54. The van der Waals surface area contributed by atoms with Crippen molar-refractivity contribution in [1.29, 1.82) is 0 Å². The molecule has 0 unspecified atom stereocenters. The van der Waals surface area contributed by atoms with Crippen molar-refractivity contribution in [3.63, 3.8) is 0 Å². The van der Waals surface area contributed by atoms with Gasteiger partial charge in [-0.3, -0.25) is 0 Å². The number of aliphatic hydroxyl groups is 4. The van der Waals surface area contributed by atoms with E-state index < -0.39 is 37.3 Å². The van der Waals surface area contributed by atoms with Gasteiger partial charge < -0.3 is 29.9 Å². The second-order valence-electron chi connectivity index (χ2n) is 6.04. The number of rotatable bonds is 11. The summed E-state index contributed by atoms with van der Waals surface area (Å²) >= 11 is 0. The lowest BCUT2D eigenvalue weighted by atomic mass is 9.99. The van der Waals surface area contributed by atoms with Crippen molar-refractivity contribution in [3.8, 4) is 0 Å². The fraction of sp³-hybridized carbons (Fsp3) is 1.00. The minimum absolute atomic E-state index is 0.428. The Kier molecular flexibility index (Phi) is 10.2. The molecule has 0 aromatic rings. The summed E-state index contributed by atoms with van der Waals surface area (Å²) in [6.45, 7) is 2.20. The highest BCUT2D eigenvalue weighted by atomic mass is 16.7. The maximum Gasteiger partial charge on any atom is 0.186 e. The summed E-state index contributed by atoms with van der Waals surface area (Å²) in [6.07, 6.45) is 3.58. The van der Waals surface area contributed by atoms with Crippen molar-refractivity contribution in [2.24, 2.45) is 0 Å². The summed E-state index contributed by atoms with van der Waals surface area (Å²) in [5, 5.41) is 38.2. The molecule has 0 aromatic heterocycles. The van der Waals surface area contributed by atoms with Crippen LogP contribution in [0.15, 0.2) is 0 Å². The minimum atomic E-state index is -1.37. The monoisotopic (exact) mass is 320 g/mol. The zero-order valence-corrected chi connectivity index (χ0v) is 13.6. The quantitative estimate of drug-likeness (QED) is 0.423. The molecule has 1 aliphatic rings. The maximum atomic E-state index is 9.80. The van der Waals surface area contributed by atoms with Crippen LogP contribution in [0.1, 0.15) is 58.3 Å². The summed E-state index contributed by atoms with van der Waals surface area (Å²) in [7, 11) is 0. The summed E-state index contributed by atoms with van der Waals surface area (Å²) in [5.74, 6) is 0. The van der Waals surface area contributed by atoms with Gasteiger partial charge >= 0.3 is 0 Å². The Morgan fingerprint density at radius 3 is 2.00 bits per heavy atom. The Morgan fingerprint density at radius 1 is 0.818 bits per heavy atom. The second kappa shape index (κ2) is 11.3. The molecule has 4 N–H and O–H groups in total. The van der Waals surface area contributed by atoms with Crippen LogP contribution in [-0.4, -0.2) is 64.3 Å². The van der Waals surface area contributed by atoms with Crippen LogP contribution in [0, 0.1) is 0 Å². The highest BCUT2D eigenvalue weighted by molar-refractivity contribution is 4.88. The number of ether oxygens (including phenoxy) is 2. The van der Waals surface area contributed by atoms with Gasteiger partial charge in [-0.15, -0.1) is 0 Å². The molecule has 6 nitrogen and oxygen atoms in total. The van der Waals surface area contributed by atoms with E-state index in [1.54, 1.807) is 0 Å². The first-order chi connectivity index (χ1) is 10.6. The van der Waals surface area contributed by atoms with Crippen LogP contribution >= 0.6 is 0 Å². The lowest BCUT2D eigenvalue weighted by Gasteiger charge is -2.39. The molecule has 6 heteroatoms. The van der Waals surface area contributed by atoms with Crippen molar-refractivity contribution in [2.45, 2.75) is 89.0 Å². The van der Waals surface area contributed by atoms with Crippen molar-refractivity contribution in [3.05, 3.63) is 0 Å². The van der Waals surface area contributed by atoms with E-state index in [-0.39, 0.29) is 0 Å². The van der Waals surface area contributed by atoms with Crippen LogP contribution in [0.5, 0.6) is 0 Å². The predicted molar refractivity (Wildman–Crippen MR) is 82.3 cm³/mol. The smallest absolute Gasteiger partial charge is 0.186 e. The van der Waals surface area contributed by atoms with Gasteiger partial charge in [0.1, 0.15) is 24.4 Å². The van der Waals surface area contributed by atoms with E-state index in [4.69, 9.17) is 14.6 Å². The minimum Gasteiger partial charge on any atom is -0.394 e. The van der Waals surface area contributed by atoms with E-state index in [0.29, 0.717) is 6.61 Å². The van der Waals surface area contributed by atoms with Gasteiger partial charge in [-0.2, -0.15) is 0 Å². The molecule has 1 rings (SSSR count). The summed E-state index contributed by atoms with van der Waals surface area (Å²) < 4.78 is 10.7. The normalized spacial score (nSPS) is 32.3. The van der Waals surface area contributed by atoms with E-state index in [9.17, 15) is 15.3 Å². The van der Waals surface area contributed by atoms with E-state index in [1.165, 1.54) is 38.5 Å². The van der Waals surface area contributed by atoms with Crippen LogP contribution < -0.4 is 0 Å². The number of hydrogen-bond acceptors (Lipinski definition) is 6. The third-order valence-electron chi connectivity index (χ3n) is 4.13. The summed E-state index contributed by atoms with van der Waals surface area (Å²) in [5.41, 5.74) is 0. The molecule has 0 radical (unpaired) electrons. The molecule has 0 bridgehead atoms. The highest BCUT2D eigenvalue weighted by Crippen LogP contribution is 2.22. The van der Waals surface area contributed by atoms with Crippen LogP contribution in [-0.2, 0) is 9.47 Å². The van der Waals surface area contributed by atoms with Crippen LogP contribution in [0.25, 0.3) is 0 Å². The molecule has 0 amide bonds. The SMILES string of the molecule is CCCCCCCCCCO[C@H]1O[C@H](CO)[C@H](O)[C@@H](O)[C@H]1O. The Bertz CT molecular complexity index is 273. The molecule has 0 saturated carbocycles. The van der Waals surface area contributed by atoms with Crippen LogP contribution in [0.4, 0.5) is 0 Å². The van der Waals surface area contributed by atoms with Crippen molar-refractivity contribution in [2.75, 3.05) is 13.2 Å². The van der Waals surface area contributed by atoms with E-state index in [1.807, 2.05) is 0 Å². The maximum absolute atomic E-state index is 9.80. The van der Waals surface area contributed by atoms with Gasteiger partial charge in [-0.05, 0) is 6.42 Å². The molecule has 22 heavy (non-hydrogen) atoms. The first kappa shape index (κ1) is 19.8. The molecule has 5 atom stereocenters. The van der Waals surface area contributed by atoms with E-state index >= 15 is 0 Å². The summed E-state index contributed by atoms with van der Waals surface area (Å²) in [4.78, 5) is 0. The van der Waals surface area contributed by atoms with Crippen LogP contribution in [0.2, 0.25) is 0 Å². The molecule has 1 aliphatic heterocycles. The molecule has 0 spiro atoms. The van der Waals surface area contributed by atoms with Gasteiger partial charge in [-0.25, -0.2) is 0 Å². The predicted octanol–water partition coefficient (Wildman–Crippen LogP) is 0.944. The van der Waals surface area contributed by atoms with E-state index in [0.717, 1.165) is 12.8 Å².